The molecular formula is C17H25BN2O4. The topological polar surface area (TPSA) is 80.7 Å². The molecule has 0 atom stereocenters. The van der Waals surface area contributed by atoms with Gasteiger partial charge in [-0.15, -0.1) is 0 Å². The summed E-state index contributed by atoms with van der Waals surface area (Å²) in [5.74, 6) is -0.125. The van der Waals surface area contributed by atoms with Gasteiger partial charge in [-0.3, -0.25) is 9.78 Å². The van der Waals surface area contributed by atoms with Gasteiger partial charge >= 0.3 is 7.12 Å². The Kier molecular flexibility index (Phi) is 5.47. The molecule has 1 aromatic heterocycles. The van der Waals surface area contributed by atoms with Gasteiger partial charge < -0.3 is 19.7 Å². The molecular weight excluding hydrogens is 307 g/mol. The molecule has 2 heterocycles. The van der Waals surface area contributed by atoms with Crippen LogP contribution >= 0.6 is 0 Å². The van der Waals surface area contributed by atoms with Crippen LogP contribution in [0.2, 0.25) is 0 Å². The Balaban J connectivity index is 2.31. The van der Waals surface area contributed by atoms with E-state index < -0.39 is 18.3 Å². The third-order valence-electron chi connectivity index (χ3n) is 4.45. The van der Waals surface area contributed by atoms with Gasteiger partial charge in [-0.25, -0.2) is 0 Å². The van der Waals surface area contributed by atoms with Crippen LogP contribution in [0, 0.1) is 0 Å². The second-order valence-corrected chi connectivity index (χ2v) is 7.00. The molecule has 2 N–H and O–H groups in total. The molecule has 6 nitrogen and oxygen atoms in total. The van der Waals surface area contributed by atoms with Crippen LogP contribution in [0.3, 0.4) is 0 Å². The minimum Gasteiger partial charge on any atom is -0.400 e. The lowest BCUT2D eigenvalue weighted by atomic mass is 9.77. The van der Waals surface area contributed by atoms with E-state index in [0.717, 1.165) is 16.6 Å². The van der Waals surface area contributed by atoms with E-state index in [9.17, 15) is 9.90 Å². The maximum absolute atomic E-state index is 11.3. The van der Waals surface area contributed by atoms with E-state index in [-0.39, 0.29) is 12.5 Å². The first-order chi connectivity index (χ1) is 11.1. The fourth-order valence-electron chi connectivity index (χ4n) is 2.31. The number of aliphatic hydroxyl groups is 1. The molecule has 0 aromatic carbocycles. The molecule has 0 unspecified atom stereocenters. The number of amides is 1. The van der Waals surface area contributed by atoms with Gasteiger partial charge in [-0.05, 0) is 50.4 Å². The van der Waals surface area contributed by atoms with Crippen LogP contribution in [0.15, 0.2) is 23.9 Å². The molecule has 0 aliphatic carbocycles. The van der Waals surface area contributed by atoms with Gasteiger partial charge in [0.25, 0.3) is 0 Å². The van der Waals surface area contributed by atoms with Crippen LogP contribution in [0.5, 0.6) is 0 Å². The Bertz CT molecular complexity index is 627. The summed E-state index contributed by atoms with van der Waals surface area (Å²) in [5, 5.41) is 12.0. The van der Waals surface area contributed by atoms with Crippen molar-refractivity contribution >= 4 is 19.1 Å². The van der Waals surface area contributed by atoms with Crippen LogP contribution in [-0.4, -0.2) is 40.9 Å². The van der Waals surface area contributed by atoms with Crippen LogP contribution < -0.4 is 5.32 Å². The number of aromatic nitrogens is 1. The summed E-state index contributed by atoms with van der Waals surface area (Å²) >= 11 is 0. The van der Waals surface area contributed by atoms with Gasteiger partial charge in [-0.2, -0.15) is 0 Å². The molecule has 0 radical (unpaired) electrons. The number of carbonyl (C=O) groups excluding carboxylic acids is 1. The summed E-state index contributed by atoms with van der Waals surface area (Å²) in [5.41, 5.74) is 1.41. The van der Waals surface area contributed by atoms with Crippen molar-refractivity contribution in [2.75, 3.05) is 6.54 Å². The van der Waals surface area contributed by atoms with Gasteiger partial charge in [0.05, 0.1) is 17.8 Å². The van der Waals surface area contributed by atoms with Crippen LogP contribution in [0.4, 0.5) is 0 Å². The number of aliphatic hydroxyl groups excluding tert-OH is 1. The van der Waals surface area contributed by atoms with Crippen LogP contribution in [-0.2, 0) is 20.7 Å². The zero-order chi connectivity index (χ0) is 18.0. The van der Waals surface area contributed by atoms with Crippen molar-refractivity contribution in [2.24, 2.45) is 0 Å². The first-order valence-electron chi connectivity index (χ1n) is 8.00. The second-order valence-electron chi connectivity index (χ2n) is 7.00. The van der Waals surface area contributed by atoms with Crippen molar-refractivity contribution in [1.82, 2.24) is 10.3 Å². The first-order valence-corrected chi connectivity index (χ1v) is 8.00. The molecule has 24 heavy (non-hydrogen) atoms. The van der Waals surface area contributed by atoms with Gasteiger partial charge in [-0.1, -0.05) is 6.08 Å². The number of carbonyl (C=O) groups is 1. The molecule has 1 aliphatic rings. The van der Waals surface area contributed by atoms with E-state index in [1.165, 1.54) is 6.92 Å². The average molecular weight is 332 g/mol. The maximum atomic E-state index is 11.3. The second kappa shape index (κ2) is 7.05. The highest BCUT2D eigenvalue weighted by Crippen LogP contribution is 2.38. The van der Waals surface area contributed by atoms with Crippen molar-refractivity contribution in [3.8, 4) is 0 Å². The highest BCUT2D eigenvalue weighted by Gasteiger charge is 2.52. The van der Waals surface area contributed by atoms with E-state index in [1.54, 1.807) is 12.4 Å². The lowest BCUT2D eigenvalue weighted by Crippen LogP contribution is -2.41. The molecule has 1 amide bonds. The zero-order valence-electron chi connectivity index (χ0n) is 14.9. The molecule has 7 heteroatoms. The van der Waals surface area contributed by atoms with E-state index in [0.29, 0.717) is 6.54 Å². The van der Waals surface area contributed by atoms with Gasteiger partial charge in [0.1, 0.15) is 0 Å². The Hall–Kier alpha value is -1.70. The minimum absolute atomic E-state index is 0.0772. The highest BCUT2D eigenvalue weighted by atomic mass is 16.7. The zero-order valence-corrected chi connectivity index (χ0v) is 14.9. The molecule has 1 fully saturated rings. The predicted molar refractivity (Wildman–Crippen MR) is 92.9 cm³/mol. The third kappa shape index (κ3) is 4.23. The van der Waals surface area contributed by atoms with Crippen LogP contribution in [0.1, 0.15) is 45.7 Å². The molecule has 0 spiro atoms. The fourth-order valence-corrected chi connectivity index (χ4v) is 2.31. The van der Waals surface area contributed by atoms with Crippen molar-refractivity contribution in [3.05, 3.63) is 35.1 Å². The smallest absolute Gasteiger partial charge is 0.400 e. The number of nitrogens with one attached hydrogen (secondary N) is 1. The number of hydrogen-bond donors (Lipinski definition) is 2. The third-order valence-corrected chi connectivity index (χ3v) is 4.45. The monoisotopic (exact) mass is 332 g/mol. The summed E-state index contributed by atoms with van der Waals surface area (Å²) in [4.78, 5) is 15.4. The van der Waals surface area contributed by atoms with Crippen LogP contribution in [0.25, 0.3) is 6.08 Å². The van der Waals surface area contributed by atoms with Crippen molar-refractivity contribution in [1.29, 1.82) is 0 Å². The highest BCUT2D eigenvalue weighted by molar-refractivity contribution is 6.56. The standard InChI is InChI=1S/C17H25BN2O4/c1-12(22)20-10-15(7-13-6-14(11-21)9-19-8-13)18-23-16(2,3)17(4,5)24-18/h6-9,21H,10-11H2,1-5H3,(H,20,22). The summed E-state index contributed by atoms with van der Waals surface area (Å²) in [6, 6.07) is 1.84. The SMILES string of the molecule is CC(=O)NCC(=Cc1cncc(CO)c1)B1OC(C)(C)C(C)(C)O1. The normalized spacial score (nSPS) is 19.4. The van der Waals surface area contributed by atoms with E-state index in [2.05, 4.69) is 10.3 Å². The molecule has 0 saturated carbocycles. The van der Waals surface area contributed by atoms with Gasteiger partial charge in [0, 0.05) is 25.9 Å². The lowest BCUT2D eigenvalue weighted by molar-refractivity contribution is -0.118. The number of nitrogens with zero attached hydrogens (tertiary/aromatic N) is 1. The van der Waals surface area contributed by atoms with E-state index in [4.69, 9.17) is 9.31 Å². The molecule has 2 rings (SSSR count). The largest absolute Gasteiger partial charge is 0.492 e. The number of rotatable bonds is 5. The molecule has 0 bridgehead atoms. The van der Waals surface area contributed by atoms with Gasteiger partial charge in [0.2, 0.25) is 5.91 Å². The fraction of sp³-hybridized carbons (Fsp3) is 0.529. The number of hydrogen-bond acceptors (Lipinski definition) is 5. The van der Waals surface area contributed by atoms with Crippen molar-refractivity contribution < 1.29 is 19.2 Å². The molecule has 1 saturated heterocycles. The van der Waals surface area contributed by atoms with Crippen molar-refractivity contribution in [2.45, 2.75) is 52.4 Å². The minimum atomic E-state index is -0.556. The summed E-state index contributed by atoms with van der Waals surface area (Å²) in [6.45, 7) is 9.64. The quantitative estimate of drug-likeness (QED) is 0.803. The molecule has 130 valence electrons. The van der Waals surface area contributed by atoms with E-state index in [1.807, 2.05) is 39.8 Å². The predicted octanol–water partition coefficient (Wildman–Crippen LogP) is 1.72. The Morgan fingerprint density at radius 3 is 2.46 bits per heavy atom. The lowest BCUT2D eigenvalue weighted by Gasteiger charge is -2.32. The summed E-state index contributed by atoms with van der Waals surface area (Å²) < 4.78 is 12.2. The van der Waals surface area contributed by atoms with Crippen molar-refractivity contribution in [3.63, 3.8) is 0 Å². The first kappa shape index (κ1) is 18.6. The maximum Gasteiger partial charge on any atom is 0.492 e. The average Bonchev–Trinajstić information content (AvgIpc) is 2.71. The summed E-state index contributed by atoms with van der Waals surface area (Å²) in [7, 11) is -0.556. The Morgan fingerprint density at radius 2 is 1.92 bits per heavy atom. The van der Waals surface area contributed by atoms with Gasteiger partial charge in [0.15, 0.2) is 0 Å². The molecule has 1 aromatic rings. The van der Waals surface area contributed by atoms with E-state index >= 15 is 0 Å². The Morgan fingerprint density at radius 1 is 1.29 bits per heavy atom. The number of pyridine rings is 1. The summed E-state index contributed by atoms with van der Waals surface area (Å²) in [6.07, 6.45) is 5.18. The Labute approximate surface area is 143 Å². The molecule has 1 aliphatic heterocycles.